The molecule has 0 aliphatic carbocycles. The van der Waals surface area contributed by atoms with Gasteiger partial charge in [0, 0.05) is 35.3 Å². The molecule has 1 saturated heterocycles. The molecule has 0 saturated carbocycles. The van der Waals surface area contributed by atoms with Crippen molar-refractivity contribution in [2.45, 2.75) is 32.0 Å². The average Bonchev–Trinajstić information content (AvgIpc) is 3.54. The Morgan fingerprint density at radius 2 is 1.91 bits per heavy atom. The first-order chi connectivity index (χ1) is 17.0. The molecular weight excluding hydrogens is 489 g/mol. The van der Waals surface area contributed by atoms with E-state index in [-0.39, 0.29) is 24.4 Å². The van der Waals surface area contributed by atoms with Crippen LogP contribution in [-0.4, -0.2) is 47.5 Å². The maximum absolute atomic E-state index is 13.5. The van der Waals surface area contributed by atoms with Crippen LogP contribution in [0.3, 0.4) is 0 Å². The molecule has 2 heterocycles. The van der Waals surface area contributed by atoms with Crippen molar-refractivity contribution in [2.24, 2.45) is 0 Å². The molecule has 1 aromatic heterocycles. The van der Waals surface area contributed by atoms with Crippen molar-refractivity contribution in [1.29, 1.82) is 0 Å². The highest BCUT2D eigenvalue weighted by atomic mass is 35.5. The van der Waals surface area contributed by atoms with Crippen molar-refractivity contribution >= 4 is 40.6 Å². The van der Waals surface area contributed by atoms with Crippen LogP contribution in [0.4, 0.5) is 14.9 Å². The lowest BCUT2D eigenvalue weighted by molar-refractivity contribution is -0.133. The summed E-state index contributed by atoms with van der Waals surface area (Å²) in [4.78, 5) is 30.9. The zero-order valence-electron chi connectivity index (χ0n) is 19.2. The number of rotatable bonds is 9. The zero-order valence-corrected chi connectivity index (χ0v) is 20.7. The van der Waals surface area contributed by atoms with Crippen molar-refractivity contribution in [2.75, 3.05) is 25.0 Å². The topological polar surface area (TPSA) is 61.9 Å². The Kier molecular flexibility index (Phi) is 8.74. The number of amides is 3. The molecule has 1 N–H and O–H groups in total. The fourth-order valence-electron chi connectivity index (χ4n) is 3.92. The number of hydrogen-bond donors (Lipinski definition) is 1. The van der Waals surface area contributed by atoms with Crippen LogP contribution in [0, 0.1) is 5.82 Å². The van der Waals surface area contributed by atoms with Gasteiger partial charge in [-0.25, -0.2) is 9.18 Å². The van der Waals surface area contributed by atoms with Crippen molar-refractivity contribution in [1.82, 2.24) is 9.80 Å². The van der Waals surface area contributed by atoms with E-state index in [1.54, 1.807) is 52.6 Å². The number of carbonyl (C=O) groups is 2. The van der Waals surface area contributed by atoms with Crippen LogP contribution >= 0.6 is 22.9 Å². The Balaban J connectivity index is 1.50. The fraction of sp³-hybridized carbons (Fsp3) is 0.308. The van der Waals surface area contributed by atoms with Crippen molar-refractivity contribution in [3.05, 3.63) is 87.3 Å². The number of ether oxygens (including phenoxy) is 1. The molecule has 6 nitrogen and oxygen atoms in total. The highest BCUT2D eigenvalue weighted by Crippen LogP contribution is 2.19. The normalized spacial score (nSPS) is 15.1. The van der Waals surface area contributed by atoms with Crippen molar-refractivity contribution in [3.63, 3.8) is 0 Å². The van der Waals surface area contributed by atoms with E-state index in [4.69, 9.17) is 16.3 Å². The van der Waals surface area contributed by atoms with Gasteiger partial charge in [0.15, 0.2) is 0 Å². The Bertz CT molecular complexity index is 1120. The smallest absolute Gasteiger partial charge is 0.322 e. The number of benzene rings is 2. The number of carbonyl (C=O) groups excluding carboxylic acids is 2. The monoisotopic (exact) mass is 515 g/mol. The number of nitrogens with zero attached hydrogens (tertiary/aromatic N) is 2. The summed E-state index contributed by atoms with van der Waals surface area (Å²) in [5.41, 5.74) is 1.36. The summed E-state index contributed by atoms with van der Waals surface area (Å²) in [5.74, 6) is -0.535. The van der Waals surface area contributed by atoms with Crippen LogP contribution in [0.15, 0.2) is 66.0 Å². The molecule has 2 aromatic carbocycles. The first-order valence-corrected chi connectivity index (χ1v) is 12.7. The Morgan fingerprint density at radius 3 is 2.60 bits per heavy atom. The average molecular weight is 516 g/mol. The number of thiophene rings is 1. The minimum Gasteiger partial charge on any atom is -0.376 e. The lowest BCUT2D eigenvalue weighted by atomic mass is 10.2. The van der Waals surface area contributed by atoms with Crippen LogP contribution in [0.2, 0.25) is 5.02 Å². The lowest BCUT2D eigenvalue weighted by Gasteiger charge is -2.29. The first-order valence-electron chi connectivity index (χ1n) is 11.4. The fourth-order valence-corrected chi connectivity index (χ4v) is 4.83. The molecular formula is C26H27ClFN3O3S. The number of anilines is 1. The van der Waals surface area contributed by atoms with Crippen LogP contribution in [0.5, 0.6) is 0 Å². The molecule has 184 valence electrons. The van der Waals surface area contributed by atoms with Crippen LogP contribution in [-0.2, 0) is 22.6 Å². The van der Waals surface area contributed by atoms with E-state index in [1.165, 1.54) is 17.0 Å². The Labute approximate surface area is 213 Å². The molecule has 9 heteroatoms. The molecule has 4 rings (SSSR count). The van der Waals surface area contributed by atoms with Gasteiger partial charge in [-0.1, -0.05) is 35.9 Å². The Morgan fingerprint density at radius 1 is 1.09 bits per heavy atom. The molecule has 1 aliphatic heterocycles. The zero-order chi connectivity index (χ0) is 24.6. The SMILES string of the molecule is O=C(CN(CC1CCCO1)C(=O)Nc1cccc(Cl)c1)N(Cc1ccc(F)cc1)Cc1cccs1. The quantitative estimate of drug-likeness (QED) is 0.393. The molecule has 3 aromatic rings. The standard InChI is InChI=1S/C26H27ClFN3O3S/c27-20-4-1-5-22(14-20)29-26(33)31(16-23-6-2-12-34-23)18-25(32)30(17-24-7-3-13-35-24)15-19-8-10-21(28)11-9-19/h1,3-5,7-11,13-14,23H,2,6,12,15-18H2,(H,29,33). The molecule has 3 amide bonds. The summed E-state index contributed by atoms with van der Waals surface area (Å²) in [5, 5.41) is 5.30. The van der Waals surface area contributed by atoms with Crippen LogP contribution in [0.25, 0.3) is 0 Å². The molecule has 1 aliphatic rings. The second kappa shape index (κ2) is 12.2. The van der Waals surface area contributed by atoms with Crippen LogP contribution < -0.4 is 5.32 Å². The minimum absolute atomic E-state index is 0.112. The summed E-state index contributed by atoms with van der Waals surface area (Å²) in [6.45, 7) is 1.55. The second-order valence-electron chi connectivity index (χ2n) is 8.41. The maximum atomic E-state index is 13.5. The summed E-state index contributed by atoms with van der Waals surface area (Å²) >= 11 is 7.61. The third kappa shape index (κ3) is 7.52. The van der Waals surface area contributed by atoms with Gasteiger partial charge in [0.1, 0.15) is 12.4 Å². The van der Waals surface area contributed by atoms with E-state index in [2.05, 4.69) is 5.32 Å². The van der Waals surface area contributed by atoms with Gasteiger partial charge >= 0.3 is 6.03 Å². The maximum Gasteiger partial charge on any atom is 0.322 e. The predicted molar refractivity (Wildman–Crippen MR) is 136 cm³/mol. The van der Waals surface area contributed by atoms with Gasteiger partial charge in [-0.15, -0.1) is 11.3 Å². The third-order valence-electron chi connectivity index (χ3n) is 5.70. The highest BCUT2D eigenvalue weighted by molar-refractivity contribution is 7.09. The van der Waals surface area contributed by atoms with E-state index in [0.29, 0.717) is 37.0 Å². The number of halogens is 2. The number of urea groups is 1. The van der Waals surface area contributed by atoms with E-state index < -0.39 is 6.03 Å². The van der Waals surface area contributed by atoms with Gasteiger partial charge in [-0.05, 0) is 60.2 Å². The predicted octanol–water partition coefficient (Wildman–Crippen LogP) is 5.78. The van der Waals surface area contributed by atoms with Crippen LogP contribution in [0.1, 0.15) is 23.3 Å². The van der Waals surface area contributed by atoms with Crippen molar-refractivity contribution < 1.29 is 18.7 Å². The first kappa shape index (κ1) is 25.2. The summed E-state index contributed by atoms with van der Waals surface area (Å²) in [7, 11) is 0. The van der Waals surface area contributed by atoms with Gasteiger partial charge in [0.05, 0.1) is 12.6 Å². The largest absolute Gasteiger partial charge is 0.376 e. The highest BCUT2D eigenvalue weighted by Gasteiger charge is 2.27. The number of nitrogens with one attached hydrogen (secondary N) is 1. The molecule has 1 unspecified atom stereocenters. The third-order valence-corrected chi connectivity index (χ3v) is 6.80. The summed E-state index contributed by atoms with van der Waals surface area (Å²) in [6, 6.07) is 16.5. The van der Waals surface area contributed by atoms with Gasteiger partial charge in [-0.3, -0.25) is 4.79 Å². The molecule has 0 spiro atoms. The van der Waals surface area contributed by atoms with E-state index in [9.17, 15) is 14.0 Å². The lowest BCUT2D eigenvalue weighted by Crippen LogP contribution is -2.46. The summed E-state index contributed by atoms with van der Waals surface area (Å²) in [6.07, 6.45) is 1.65. The van der Waals surface area contributed by atoms with Gasteiger partial charge in [-0.2, -0.15) is 0 Å². The van der Waals surface area contributed by atoms with Crippen molar-refractivity contribution in [3.8, 4) is 0 Å². The van der Waals surface area contributed by atoms with Gasteiger partial charge in [0.25, 0.3) is 0 Å². The minimum atomic E-state index is -0.394. The Hall–Kier alpha value is -2.94. The van der Waals surface area contributed by atoms with E-state index in [1.807, 2.05) is 17.5 Å². The van der Waals surface area contributed by atoms with E-state index >= 15 is 0 Å². The summed E-state index contributed by atoms with van der Waals surface area (Å²) < 4.78 is 19.1. The molecule has 1 fully saturated rings. The second-order valence-corrected chi connectivity index (χ2v) is 9.88. The molecule has 1 atom stereocenters. The van der Waals surface area contributed by atoms with Gasteiger partial charge < -0.3 is 19.9 Å². The molecule has 35 heavy (non-hydrogen) atoms. The van der Waals surface area contributed by atoms with E-state index in [0.717, 1.165) is 23.3 Å². The number of hydrogen-bond acceptors (Lipinski definition) is 4. The molecule has 0 radical (unpaired) electrons. The molecule has 0 bridgehead atoms. The van der Waals surface area contributed by atoms with Gasteiger partial charge in [0.2, 0.25) is 5.91 Å².